The third-order valence-electron chi connectivity index (χ3n) is 2.59. The second-order valence-electron chi connectivity index (χ2n) is 4.10. The maximum absolute atomic E-state index is 6.26. The summed E-state index contributed by atoms with van der Waals surface area (Å²) in [5, 5.41) is 14.4. The molecule has 0 unspecified atom stereocenters. The van der Waals surface area contributed by atoms with Gasteiger partial charge < -0.3 is 5.32 Å². The monoisotopic (exact) mass is 359 g/mol. The van der Waals surface area contributed by atoms with Crippen molar-refractivity contribution in [1.29, 1.82) is 0 Å². The predicted molar refractivity (Wildman–Crippen MR) is 84.9 cm³/mol. The van der Waals surface area contributed by atoms with E-state index in [1.54, 1.807) is 11.3 Å². The number of nitrogens with one attached hydrogen (secondary N) is 1. The Balaban J connectivity index is 2.06. The van der Waals surface area contributed by atoms with E-state index in [1.807, 2.05) is 18.2 Å². The summed E-state index contributed by atoms with van der Waals surface area (Å²) in [5.74, 6) is 0. The van der Waals surface area contributed by atoms with Crippen LogP contribution in [0.1, 0.15) is 18.4 Å². The van der Waals surface area contributed by atoms with E-state index in [9.17, 15) is 0 Å². The molecule has 0 bridgehead atoms. The largest absolute Gasteiger partial charge is 0.316 e. The zero-order valence-corrected chi connectivity index (χ0v) is 13.8. The molecule has 0 fully saturated rings. The molecule has 0 aliphatic rings. The van der Waals surface area contributed by atoms with Crippen molar-refractivity contribution >= 4 is 38.9 Å². The lowest BCUT2D eigenvalue weighted by Gasteiger charge is -2.01. The number of rotatable bonds is 6. The lowest BCUT2D eigenvalue weighted by Crippen LogP contribution is -2.17. The molecule has 0 amide bonds. The lowest BCUT2D eigenvalue weighted by atomic mass is 10.2. The molecule has 0 aliphatic heterocycles. The van der Waals surface area contributed by atoms with Crippen LogP contribution in [0.25, 0.3) is 10.6 Å². The van der Waals surface area contributed by atoms with E-state index in [0.29, 0.717) is 5.02 Å². The molecule has 2 aromatic rings. The van der Waals surface area contributed by atoms with Gasteiger partial charge in [-0.1, -0.05) is 42.0 Å². The summed E-state index contributed by atoms with van der Waals surface area (Å²) in [6, 6.07) is 5.84. The Labute approximate surface area is 130 Å². The van der Waals surface area contributed by atoms with Gasteiger partial charge in [-0.25, -0.2) is 0 Å². The first kappa shape index (κ1) is 14.9. The molecule has 0 spiro atoms. The van der Waals surface area contributed by atoms with Crippen LogP contribution in [0.2, 0.25) is 5.02 Å². The van der Waals surface area contributed by atoms with E-state index in [1.165, 1.54) is 0 Å². The number of halogens is 2. The number of aromatic nitrogens is 2. The van der Waals surface area contributed by atoms with Crippen molar-refractivity contribution in [2.75, 3.05) is 13.1 Å². The van der Waals surface area contributed by atoms with Crippen LogP contribution in [0.3, 0.4) is 0 Å². The van der Waals surface area contributed by atoms with Gasteiger partial charge in [0.1, 0.15) is 10.0 Å². The fourth-order valence-electron chi connectivity index (χ4n) is 1.63. The molecule has 1 aromatic carbocycles. The average Bonchev–Trinajstić information content (AvgIpc) is 2.87. The topological polar surface area (TPSA) is 37.8 Å². The van der Waals surface area contributed by atoms with Gasteiger partial charge in [-0.05, 0) is 35.0 Å². The van der Waals surface area contributed by atoms with Gasteiger partial charge >= 0.3 is 0 Å². The lowest BCUT2D eigenvalue weighted by molar-refractivity contribution is 0.668. The zero-order chi connectivity index (χ0) is 13.7. The molecule has 0 radical (unpaired) electrons. The number of hydrogen-bond donors (Lipinski definition) is 1. The van der Waals surface area contributed by atoms with E-state index in [-0.39, 0.29) is 0 Å². The fourth-order valence-corrected chi connectivity index (χ4v) is 3.14. The van der Waals surface area contributed by atoms with Crippen molar-refractivity contribution < 1.29 is 0 Å². The molecule has 0 aliphatic carbocycles. The van der Waals surface area contributed by atoms with Crippen LogP contribution in [0.15, 0.2) is 22.7 Å². The number of hydrogen-bond acceptors (Lipinski definition) is 4. The summed E-state index contributed by atoms with van der Waals surface area (Å²) in [6.07, 6.45) is 2.05. The second-order valence-corrected chi connectivity index (χ2v) is 6.40. The Morgan fingerprint density at radius 2 is 2.16 bits per heavy atom. The van der Waals surface area contributed by atoms with Gasteiger partial charge in [0.2, 0.25) is 0 Å². The highest BCUT2D eigenvalue weighted by molar-refractivity contribution is 9.10. The van der Waals surface area contributed by atoms with Gasteiger partial charge in [0.15, 0.2) is 0 Å². The Bertz CT molecular complexity index is 544. The standard InChI is InChI=1S/C13H15BrClN3S/c1-2-7-16-8-6-11-17-18-13(19-11)9-4-3-5-10(14)12(9)15/h3-5,16H,2,6-8H2,1H3. The fraction of sp³-hybridized carbons (Fsp3) is 0.385. The smallest absolute Gasteiger partial charge is 0.149 e. The van der Waals surface area contributed by atoms with Crippen molar-refractivity contribution in [3.05, 3.63) is 32.7 Å². The van der Waals surface area contributed by atoms with Crippen molar-refractivity contribution in [2.45, 2.75) is 19.8 Å². The summed E-state index contributed by atoms with van der Waals surface area (Å²) in [6.45, 7) is 4.14. The molecule has 1 N–H and O–H groups in total. The van der Waals surface area contributed by atoms with E-state index in [4.69, 9.17) is 11.6 Å². The maximum atomic E-state index is 6.26. The molecule has 102 valence electrons. The van der Waals surface area contributed by atoms with Crippen LogP contribution < -0.4 is 5.32 Å². The Morgan fingerprint density at radius 3 is 2.95 bits per heavy atom. The van der Waals surface area contributed by atoms with Crippen LogP contribution in [-0.4, -0.2) is 23.3 Å². The molecular formula is C13H15BrClN3S. The molecule has 1 heterocycles. The van der Waals surface area contributed by atoms with Gasteiger partial charge in [-0.2, -0.15) is 0 Å². The Hall–Kier alpha value is -0.490. The van der Waals surface area contributed by atoms with Crippen LogP contribution in [0.5, 0.6) is 0 Å². The van der Waals surface area contributed by atoms with E-state index < -0.39 is 0 Å². The first-order chi connectivity index (χ1) is 9.22. The summed E-state index contributed by atoms with van der Waals surface area (Å²) in [7, 11) is 0. The Morgan fingerprint density at radius 1 is 1.32 bits per heavy atom. The van der Waals surface area contributed by atoms with Crippen LogP contribution in [-0.2, 0) is 6.42 Å². The van der Waals surface area contributed by atoms with Gasteiger partial charge in [-0.15, -0.1) is 10.2 Å². The molecule has 0 saturated heterocycles. The van der Waals surface area contributed by atoms with Crippen molar-refractivity contribution in [3.63, 3.8) is 0 Å². The summed E-state index contributed by atoms with van der Waals surface area (Å²) in [4.78, 5) is 0. The molecule has 0 saturated carbocycles. The normalized spacial score (nSPS) is 10.9. The number of nitrogens with zero attached hydrogens (tertiary/aromatic N) is 2. The van der Waals surface area contributed by atoms with Gasteiger partial charge in [0, 0.05) is 23.0 Å². The molecule has 3 nitrogen and oxygen atoms in total. The van der Waals surface area contributed by atoms with Gasteiger partial charge in [-0.3, -0.25) is 0 Å². The van der Waals surface area contributed by atoms with E-state index in [0.717, 1.165) is 46.0 Å². The zero-order valence-electron chi connectivity index (χ0n) is 10.6. The van der Waals surface area contributed by atoms with Crippen molar-refractivity contribution in [2.24, 2.45) is 0 Å². The van der Waals surface area contributed by atoms with Crippen molar-refractivity contribution in [1.82, 2.24) is 15.5 Å². The molecule has 1 aromatic heterocycles. The van der Waals surface area contributed by atoms with Crippen LogP contribution in [0.4, 0.5) is 0 Å². The van der Waals surface area contributed by atoms with Crippen molar-refractivity contribution in [3.8, 4) is 10.6 Å². The van der Waals surface area contributed by atoms with Crippen LogP contribution >= 0.6 is 38.9 Å². The van der Waals surface area contributed by atoms with Gasteiger partial charge in [0.05, 0.1) is 5.02 Å². The maximum Gasteiger partial charge on any atom is 0.149 e. The molecule has 19 heavy (non-hydrogen) atoms. The third-order valence-corrected chi connectivity index (χ3v) is 4.90. The minimum absolute atomic E-state index is 0.689. The van der Waals surface area contributed by atoms with E-state index >= 15 is 0 Å². The summed E-state index contributed by atoms with van der Waals surface area (Å²) < 4.78 is 0.882. The minimum Gasteiger partial charge on any atom is -0.316 e. The SMILES string of the molecule is CCCNCCc1nnc(-c2cccc(Br)c2Cl)s1. The molecule has 6 heteroatoms. The summed E-state index contributed by atoms with van der Waals surface area (Å²) >= 11 is 11.3. The second kappa shape index (κ2) is 7.33. The first-order valence-corrected chi connectivity index (χ1v) is 8.18. The Kier molecular flexibility index (Phi) is 5.76. The quantitative estimate of drug-likeness (QED) is 0.786. The molecular weight excluding hydrogens is 346 g/mol. The molecule has 0 atom stereocenters. The average molecular weight is 361 g/mol. The summed E-state index contributed by atoms with van der Waals surface area (Å²) in [5.41, 5.74) is 0.932. The highest BCUT2D eigenvalue weighted by Gasteiger charge is 2.11. The first-order valence-electron chi connectivity index (χ1n) is 6.20. The van der Waals surface area contributed by atoms with Crippen LogP contribution in [0, 0.1) is 0 Å². The minimum atomic E-state index is 0.689. The highest BCUT2D eigenvalue weighted by Crippen LogP contribution is 2.34. The predicted octanol–water partition coefficient (Wildman–Crippen LogP) is 4.16. The van der Waals surface area contributed by atoms with Gasteiger partial charge in [0.25, 0.3) is 0 Å². The molecule has 2 rings (SSSR count). The third kappa shape index (κ3) is 3.99. The highest BCUT2D eigenvalue weighted by atomic mass is 79.9. The number of benzene rings is 1. The van der Waals surface area contributed by atoms with E-state index in [2.05, 4.69) is 38.4 Å².